The highest BCUT2D eigenvalue weighted by Gasteiger charge is 2.19. The zero-order chi connectivity index (χ0) is 10.8. The summed E-state index contributed by atoms with van der Waals surface area (Å²) in [5.41, 5.74) is 7.69. The number of hydrogen-bond acceptors (Lipinski definition) is 5. The Kier molecular flexibility index (Phi) is 2.47. The van der Waals surface area contributed by atoms with E-state index in [1.54, 1.807) is 18.6 Å². The number of carbonyl (C=O) groups excluding carboxylic acids is 1. The minimum Gasteiger partial charge on any atom is -0.472 e. The highest BCUT2D eigenvalue weighted by atomic mass is 32.1. The van der Waals surface area contributed by atoms with E-state index in [-0.39, 0.29) is 0 Å². The predicted octanol–water partition coefficient (Wildman–Crippen LogP) is 2.38. The van der Waals surface area contributed by atoms with Crippen LogP contribution in [0.5, 0.6) is 0 Å². The zero-order valence-electron chi connectivity index (χ0n) is 8.02. The molecule has 0 bridgehead atoms. The lowest BCUT2D eigenvalue weighted by Crippen LogP contribution is -2.04. The van der Waals surface area contributed by atoms with Crippen molar-refractivity contribution in [3.05, 3.63) is 29.5 Å². The van der Waals surface area contributed by atoms with Crippen molar-refractivity contribution in [1.29, 1.82) is 0 Å². The van der Waals surface area contributed by atoms with E-state index in [0.717, 1.165) is 11.1 Å². The van der Waals surface area contributed by atoms with Crippen LogP contribution in [0.15, 0.2) is 28.4 Å². The van der Waals surface area contributed by atoms with Gasteiger partial charge in [-0.15, -0.1) is 11.3 Å². The summed E-state index contributed by atoms with van der Waals surface area (Å²) < 4.78 is 9.63. The molecule has 2 rings (SSSR count). The SMILES string of the molecule is COC(=O)c1c(-c2ccoc2)csc1N. The van der Waals surface area contributed by atoms with Gasteiger partial charge in [-0.25, -0.2) is 4.79 Å². The van der Waals surface area contributed by atoms with Crippen LogP contribution in [0, 0.1) is 0 Å². The number of nitrogens with two attached hydrogens (primary N) is 1. The first-order chi connectivity index (χ1) is 7.24. The number of methoxy groups -OCH3 is 1. The van der Waals surface area contributed by atoms with Gasteiger partial charge in [0.05, 0.1) is 19.6 Å². The van der Waals surface area contributed by atoms with Crippen LogP contribution in [-0.4, -0.2) is 13.1 Å². The van der Waals surface area contributed by atoms with Crippen LogP contribution in [0.25, 0.3) is 11.1 Å². The summed E-state index contributed by atoms with van der Waals surface area (Å²) >= 11 is 1.31. The molecule has 0 aliphatic carbocycles. The number of nitrogen functional groups attached to an aromatic ring is 1. The molecule has 0 saturated carbocycles. The molecule has 0 aliphatic rings. The maximum Gasteiger partial charge on any atom is 0.341 e. The number of anilines is 1. The molecule has 0 fully saturated rings. The molecule has 2 N–H and O–H groups in total. The van der Waals surface area contributed by atoms with Crippen molar-refractivity contribution in [3.63, 3.8) is 0 Å². The highest BCUT2D eigenvalue weighted by molar-refractivity contribution is 7.14. The summed E-state index contributed by atoms with van der Waals surface area (Å²) in [7, 11) is 1.33. The maximum atomic E-state index is 11.5. The van der Waals surface area contributed by atoms with E-state index in [0.29, 0.717) is 10.6 Å². The summed E-state index contributed by atoms with van der Waals surface area (Å²) in [5, 5.41) is 2.27. The lowest BCUT2D eigenvalue weighted by Gasteiger charge is -2.00. The predicted molar refractivity (Wildman–Crippen MR) is 57.8 cm³/mol. The van der Waals surface area contributed by atoms with E-state index < -0.39 is 5.97 Å². The molecule has 5 heteroatoms. The van der Waals surface area contributed by atoms with Crippen LogP contribution < -0.4 is 5.73 Å². The molecular weight excluding hydrogens is 214 g/mol. The van der Waals surface area contributed by atoms with E-state index in [2.05, 4.69) is 4.74 Å². The molecule has 4 nitrogen and oxygen atoms in total. The number of ether oxygens (including phenoxy) is 1. The zero-order valence-corrected chi connectivity index (χ0v) is 8.84. The lowest BCUT2D eigenvalue weighted by molar-refractivity contribution is 0.0603. The third kappa shape index (κ3) is 1.61. The minimum absolute atomic E-state index is 0.406. The topological polar surface area (TPSA) is 65.5 Å². The Morgan fingerprint density at radius 3 is 3.00 bits per heavy atom. The van der Waals surface area contributed by atoms with Gasteiger partial charge in [-0.2, -0.15) is 0 Å². The Morgan fingerprint density at radius 2 is 2.40 bits per heavy atom. The van der Waals surface area contributed by atoms with E-state index in [4.69, 9.17) is 10.2 Å². The number of carbonyl (C=O) groups is 1. The van der Waals surface area contributed by atoms with Crippen LogP contribution >= 0.6 is 11.3 Å². The average molecular weight is 223 g/mol. The molecule has 2 heterocycles. The van der Waals surface area contributed by atoms with Gasteiger partial charge in [-0.05, 0) is 6.07 Å². The van der Waals surface area contributed by atoms with Crippen LogP contribution in [0.4, 0.5) is 5.00 Å². The molecule has 0 saturated heterocycles. The molecular formula is C10H9NO3S. The first kappa shape index (κ1) is 9.79. The standard InChI is InChI=1S/C10H9NO3S/c1-13-10(12)8-7(5-15-9(8)11)6-2-3-14-4-6/h2-5H,11H2,1H3. The van der Waals surface area contributed by atoms with Crippen molar-refractivity contribution < 1.29 is 13.9 Å². The molecule has 0 spiro atoms. The minimum atomic E-state index is -0.426. The van der Waals surface area contributed by atoms with Gasteiger partial charge in [0.15, 0.2) is 0 Å². The van der Waals surface area contributed by atoms with E-state index >= 15 is 0 Å². The number of rotatable bonds is 2. The van der Waals surface area contributed by atoms with Gasteiger partial charge in [0.25, 0.3) is 0 Å². The summed E-state index contributed by atoms with van der Waals surface area (Å²) in [5.74, 6) is -0.426. The number of furan rings is 1. The van der Waals surface area contributed by atoms with E-state index in [1.165, 1.54) is 18.4 Å². The van der Waals surface area contributed by atoms with Gasteiger partial charge < -0.3 is 14.9 Å². The molecule has 2 aromatic rings. The molecule has 0 atom stereocenters. The summed E-state index contributed by atoms with van der Waals surface area (Å²) in [4.78, 5) is 11.5. The molecule has 2 aromatic heterocycles. The third-order valence-corrected chi connectivity index (χ3v) is 2.85. The van der Waals surface area contributed by atoms with Crippen molar-refractivity contribution in [3.8, 4) is 11.1 Å². The molecule has 78 valence electrons. The lowest BCUT2D eigenvalue weighted by atomic mass is 10.1. The van der Waals surface area contributed by atoms with Gasteiger partial charge in [-0.1, -0.05) is 0 Å². The number of hydrogen-bond donors (Lipinski definition) is 1. The second-order valence-electron chi connectivity index (χ2n) is 2.89. The number of esters is 1. The second-order valence-corrected chi connectivity index (χ2v) is 3.80. The fourth-order valence-corrected chi connectivity index (χ4v) is 2.13. The van der Waals surface area contributed by atoms with Gasteiger partial charge in [0.2, 0.25) is 0 Å². The third-order valence-electron chi connectivity index (χ3n) is 2.04. The van der Waals surface area contributed by atoms with Gasteiger partial charge in [0, 0.05) is 16.5 Å². The van der Waals surface area contributed by atoms with Crippen molar-refractivity contribution in [2.24, 2.45) is 0 Å². The quantitative estimate of drug-likeness (QED) is 0.794. The van der Waals surface area contributed by atoms with Crippen LogP contribution in [0.3, 0.4) is 0 Å². The highest BCUT2D eigenvalue weighted by Crippen LogP contribution is 2.34. The van der Waals surface area contributed by atoms with E-state index in [1.807, 2.05) is 5.38 Å². The first-order valence-corrected chi connectivity index (χ1v) is 5.10. The molecule has 0 radical (unpaired) electrons. The Morgan fingerprint density at radius 1 is 1.60 bits per heavy atom. The molecule has 0 amide bonds. The Hall–Kier alpha value is -1.75. The van der Waals surface area contributed by atoms with Crippen LogP contribution in [0.2, 0.25) is 0 Å². The fourth-order valence-electron chi connectivity index (χ4n) is 1.32. The largest absolute Gasteiger partial charge is 0.472 e. The van der Waals surface area contributed by atoms with Gasteiger partial charge in [-0.3, -0.25) is 0 Å². The second kappa shape index (κ2) is 3.78. The molecule has 15 heavy (non-hydrogen) atoms. The molecule has 0 aliphatic heterocycles. The van der Waals surface area contributed by atoms with Crippen LogP contribution in [0.1, 0.15) is 10.4 Å². The fraction of sp³-hybridized carbons (Fsp3) is 0.100. The number of thiophene rings is 1. The summed E-state index contributed by atoms with van der Waals surface area (Å²) in [6, 6.07) is 1.77. The van der Waals surface area contributed by atoms with Crippen molar-refractivity contribution in [2.75, 3.05) is 12.8 Å². The van der Waals surface area contributed by atoms with Crippen molar-refractivity contribution in [1.82, 2.24) is 0 Å². The van der Waals surface area contributed by atoms with Crippen LogP contribution in [-0.2, 0) is 4.74 Å². The summed E-state index contributed by atoms with van der Waals surface area (Å²) in [6.45, 7) is 0. The Bertz CT molecular complexity index is 473. The normalized spacial score (nSPS) is 10.2. The average Bonchev–Trinajstić information content (AvgIpc) is 2.85. The van der Waals surface area contributed by atoms with Gasteiger partial charge >= 0.3 is 5.97 Å². The smallest absolute Gasteiger partial charge is 0.341 e. The van der Waals surface area contributed by atoms with E-state index in [9.17, 15) is 4.79 Å². The Labute approximate surface area is 90.3 Å². The van der Waals surface area contributed by atoms with Crippen molar-refractivity contribution >= 4 is 22.3 Å². The first-order valence-electron chi connectivity index (χ1n) is 4.22. The van der Waals surface area contributed by atoms with Crippen molar-refractivity contribution in [2.45, 2.75) is 0 Å². The molecule has 0 unspecified atom stereocenters. The van der Waals surface area contributed by atoms with Gasteiger partial charge in [0.1, 0.15) is 10.6 Å². The Balaban J connectivity index is 2.54. The molecule has 0 aromatic carbocycles. The maximum absolute atomic E-state index is 11.5. The monoisotopic (exact) mass is 223 g/mol. The summed E-state index contributed by atoms with van der Waals surface area (Å²) in [6.07, 6.45) is 3.11.